The molecule has 1 aliphatic rings. The third-order valence-electron chi connectivity index (χ3n) is 4.27. The summed E-state index contributed by atoms with van der Waals surface area (Å²) < 4.78 is 5.31. The van der Waals surface area contributed by atoms with Crippen LogP contribution in [0.25, 0.3) is 0 Å². The van der Waals surface area contributed by atoms with E-state index in [1.807, 2.05) is 12.4 Å². The monoisotopic (exact) mass is 291 g/mol. The normalized spacial score (nSPS) is 14.7. The van der Waals surface area contributed by atoms with Gasteiger partial charge in [0, 0.05) is 55.9 Å². The van der Waals surface area contributed by atoms with Crippen molar-refractivity contribution in [2.75, 3.05) is 25.2 Å². The fourth-order valence-electron chi connectivity index (χ4n) is 2.80. The van der Waals surface area contributed by atoms with Gasteiger partial charge in [-0.05, 0) is 31.7 Å². The molecule has 0 unspecified atom stereocenters. The van der Waals surface area contributed by atoms with E-state index in [0.717, 1.165) is 38.6 Å². The minimum absolute atomic E-state index is 0.558. The Labute approximate surface area is 128 Å². The average molecular weight is 291 g/mol. The largest absolute Gasteiger partial charge is 0.383 e. The van der Waals surface area contributed by atoms with E-state index in [9.17, 15) is 0 Å². The Kier molecular flexibility index (Phi) is 6.46. The fraction of sp³-hybridized carbons (Fsp3) is 0.706. The minimum atomic E-state index is 0.558. The van der Waals surface area contributed by atoms with Gasteiger partial charge in [0.1, 0.15) is 0 Å². The Hall–Kier alpha value is -1.13. The molecule has 1 N–H and O–H groups in total. The summed E-state index contributed by atoms with van der Waals surface area (Å²) in [6, 6.07) is 3.43. The Balaban J connectivity index is 2.15. The van der Waals surface area contributed by atoms with Crippen LogP contribution in [0.1, 0.15) is 45.1 Å². The summed E-state index contributed by atoms with van der Waals surface area (Å²) in [5.41, 5.74) is 2.61. The van der Waals surface area contributed by atoms with Crippen LogP contribution in [0.5, 0.6) is 0 Å². The molecule has 2 rings (SSSR count). The number of ether oxygens (including phenoxy) is 1. The van der Waals surface area contributed by atoms with Gasteiger partial charge in [0.2, 0.25) is 0 Å². The third kappa shape index (κ3) is 4.68. The highest BCUT2D eigenvalue weighted by atomic mass is 16.5. The second-order valence-corrected chi connectivity index (χ2v) is 5.82. The minimum Gasteiger partial charge on any atom is -0.383 e. The van der Waals surface area contributed by atoms with E-state index in [4.69, 9.17) is 4.74 Å². The summed E-state index contributed by atoms with van der Waals surface area (Å²) in [4.78, 5) is 6.81. The van der Waals surface area contributed by atoms with Crippen molar-refractivity contribution in [1.29, 1.82) is 0 Å². The lowest BCUT2D eigenvalue weighted by atomic mass is 10.1. The Bertz CT molecular complexity index is 416. The maximum atomic E-state index is 5.31. The summed E-state index contributed by atoms with van der Waals surface area (Å²) >= 11 is 0. The molecule has 4 nitrogen and oxygen atoms in total. The number of methoxy groups -OCH3 is 1. The van der Waals surface area contributed by atoms with Gasteiger partial charge in [0.15, 0.2) is 0 Å². The molecule has 0 atom stereocenters. The van der Waals surface area contributed by atoms with Gasteiger partial charge in [-0.2, -0.15) is 0 Å². The van der Waals surface area contributed by atoms with Crippen molar-refractivity contribution < 1.29 is 4.74 Å². The highest BCUT2D eigenvalue weighted by molar-refractivity contribution is 5.53. The van der Waals surface area contributed by atoms with Gasteiger partial charge < -0.3 is 15.0 Å². The summed E-state index contributed by atoms with van der Waals surface area (Å²) in [5.74, 6) is 0. The number of hydrogen-bond acceptors (Lipinski definition) is 4. The number of anilines is 1. The number of pyridine rings is 1. The van der Waals surface area contributed by atoms with Crippen molar-refractivity contribution in [2.45, 2.75) is 58.2 Å². The van der Waals surface area contributed by atoms with Crippen LogP contribution in [0.3, 0.4) is 0 Å². The summed E-state index contributed by atoms with van der Waals surface area (Å²) in [7, 11) is 1.77. The average Bonchev–Trinajstić information content (AvgIpc) is 3.34. The molecule has 1 aromatic heterocycles. The van der Waals surface area contributed by atoms with Crippen LogP contribution in [0.4, 0.5) is 5.69 Å². The van der Waals surface area contributed by atoms with Crippen molar-refractivity contribution in [3.05, 3.63) is 24.0 Å². The van der Waals surface area contributed by atoms with Crippen molar-refractivity contribution in [3.8, 4) is 0 Å². The second-order valence-electron chi connectivity index (χ2n) is 5.82. The molecule has 0 radical (unpaired) electrons. The topological polar surface area (TPSA) is 37.4 Å². The van der Waals surface area contributed by atoms with Gasteiger partial charge in [0.25, 0.3) is 0 Å². The van der Waals surface area contributed by atoms with Gasteiger partial charge in [-0.3, -0.25) is 4.98 Å². The van der Waals surface area contributed by atoms with Crippen LogP contribution < -0.4 is 10.2 Å². The fourth-order valence-corrected chi connectivity index (χ4v) is 2.80. The molecule has 1 saturated carbocycles. The molecule has 1 fully saturated rings. The molecule has 0 bridgehead atoms. The van der Waals surface area contributed by atoms with E-state index in [1.165, 1.54) is 24.1 Å². The van der Waals surface area contributed by atoms with Gasteiger partial charge in [-0.25, -0.2) is 0 Å². The SMILES string of the molecule is CCC(CC)N(CCOC)c1ccncc1CNC1CC1. The van der Waals surface area contributed by atoms with Crippen LogP contribution >= 0.6 is 0 Å². The zero-order valence-electron chi connectivity index (χ0n) is 13.6. The molecule has 0 aromatic carbocycles. The molecule has 0 aliphatic heterocycles. The summed E-state index contributed by atoms with van der Waals surface area (Å²) in [5, 5.41) is 3.60. The van der Waals surface area contributed by atoms with Crippen LogP contribution in [-0.4, -0.2) is 37.3 Å². The Morgan fingerprint density at radius 3 is 2.76 bits per heavy atom. The first-order valence-corrected chi connectivity index (χ1v) is 8.22. The molecule has 1 aromatic rings. The first-order valence-electron chi connectivity index (χ1n) is 8.22. The van der Waals surface area contributed by atoms with E-state index >= 15 is 0 Å². The summed E-state index contributed by atoms with van der Waals surface area (Å²) in [6.45, 7) is 7.13. The number of nitrogens with one attached hydrogen (secondary N) is 1. The Morgan fingerprint density at radius 1 is 1.38 bits per heavy atom. The van der Waals surface area contributed by atoms with Crippen molar-refractivity contribution in [2.24, 2.45) is 0 Å². The van der Waals surface area contributed by atoms with Gasteiger partial charge in [-0.15, -0.1) is 0 Å². The predicted octanol–water partition coefficient (Wildman–Crippen LogP) is 2.98. The van der Waals surface area contributed by atoms with Gasteiger partial charge >= 0.3 is 0 Å². The van der Waals surface area contributed by atoms with E-state index < -0.39 is 0 Å². The van der Waals surface area contributed by atoms with E-state index in [2.05, 4.69) is 35.1 Å². The number of nitrogens with zero attached hydrogens (tertiary/aromatic N) is 2. The number of rotatable bonds is 10. The first-order chi connectivity index (χ1) is 10.3. The van der Waals surface area contributed by atoms with E-state index in [0.29, 0.717) is 6.04 Å². The molecule has 1 heterocycles. The smallest absolute Gasteiger partial charge is 0.0637 e. The highest BCUT2D eigenvalue weighted by Gasteiger charge is 2.22. The molecule has 0 saturated heterocycles. The zero-order chi connectivity index (χ0) is 15.1. The molecular formula is C17H29N3O. The third-order valence-corrected chi connectivity index (χ3v) is 4.27. The number of hydrogen-bond donors (Lipinski definition) is 1. The molecule has 4 heteroatoms. The number of aromatic nitrogens is 1. The standard InChI is InChI=1S/C17H29N3O/c1-4-16(5-2)20(10-11-21-3)17-8-9-18-12-14(17)13-19-15-6-7-15/h8-9,12,15-16,19H,4-7,10-11,13H2,1-3H3. The lowest BCUT2D eigenvalue weighted by Crippen LogP contribution is -2.38. The van der Waals surface area contributed by atoms with E-state index in [1.54, 1.807) is 7.11 Å². The Morgan fingerprint density at radius 2 is 2.14 bits per heavy atom. The first kappa shape index (κ1) is 16.2. The van der Waals surface area contributed by atoms with Crippen LogP contribution in [0.15, 0.2) is 18.5 Å². The van der Waals surface area contributed by atoms with Crippen molar-refractivity contribution >= 4 is 5.69 Å². The maximum Gasteiger partial charge on any atom is 0.0637 e. The van der Waals surface area contributed by atoms with Crippen LogP contribution in [-0.2, 0) is 11.3 Å². The predicted molar refractivity (Wildman–Crippen MR) is 87.7 cm³/mol. The van der Waals surface area contributed by atoms with Crippen molar-refractivity contribution in [3.63, 3.8) is 0 Å². The van der Waals surface area contributed by atoms with Crippen molar-refractivity contribution in [1.82, 2.24) is 10.3 Å². The van der Waals surface area contributed by atoms with Gasteiger partial charge in [-0.1, -0.05) is 13.8 Å². The molecule has 118 valence electrons. The molecule has 21 heavy (non-hydrogen) atoms. The zero-order valence-corrected chi connectivity index (χ0v) is 13.6. The van der Waals surface area contributed by atoms with Crippen LogP contribution in [0.2, 0.25) is 0 Å². The molecule has 1 aliphatic carbocycles. The van der Waals surface area contributed by atoms with Gasteiger partial charge in [0.05, 0.1) is 6.61 Å². The maximum absolute atomic E-state index is 5.31. The van der Waals surface area contributed by atoms with E-state index in [-0.39, 0.29) is 0 Å². The molecule has 0 amide bonds. The second kappa shape index (κ2) is 8.35. The highest BCUT2D eigenvalue weighted by Crippen LogP contribution is 2.26. The lowest BCUT2D eigenvalue weighted by Gasteiger charge is -2.34. The lowest BCUT2D eigenvalue weighted by molar-refractivity contribution is 0.202. The molecule has 0 spiro atoms. The summed E-state index contributed by atoms with van der Waals surface area (Å²) in [6.07, 6.45) is 8.84. The molecular weight excluding hydrogens is 262 g/mol. The van der Waals surface area contributed by atoms with Crippen LogP contribution in [0, 0.1) is 0 Å². The quantitative estimate of drug-likeness (QED) is 0.719.